The summed E-state index contributed by atoms with van der Waals surface area (Å²) in [5.74, 6) is 1.04. The van der Waals surface area contributed by atoms with Crippen molar-refractivity contribution in [2.45, 2.75) is 33.6 Å². The maximum Gasteiger partial charge on any atom is 0.169 e. The highest BCUT2D eigenvalue weighted by Gasteiger charge is 2.34. The van der Waals surface area contributed by atoms with Crippen LogP contribution in [0.25, 0.3) is 0 Å². The van der Waals surface area contributed by atoms with Crippen molar-refractivity contribution in [3.63, 3.8) is 0 Å². The van der Waals surface area contributed by atoms with E-state index in [9.17, 15) is 4.79 Å². The van der Waals surface area contributed by atoms with Gasteiger partial charge in [0.1, 0.15) is 5.00 Å². The van der Waals surface area contributed by atoms with Gasteiger partial charge >= 0.3 is 0 Å². The Morgan fingerprint density at radius 1 is 1.35 bits per heavy atom. The van der Waals surface area contributed by atoms with Crippen LogP contribution in [0.5, 0.6) is 0 Å². The molecule has 1 unspecified atom stereocenters. The van der Waals surface area contributed by atoms with Crippen LogP contribution >= 0.6 is 11.3 Å². The molecule has 0 N–H and O–H groups in total. The van der Waals surface area contributed by atoms with Crippen LogP contribution in [0, 0.1) is 18.8 Å². The fourth-order valence-electron chi connectivity index (χ4n) is 2.69. The number of anilines is 1. The average molecular weight is 251 g/mol. The molecule has 1 aliphatic rings. The maximum absolute atomic E-state index is 12.6. The second kappa shape index (κ2) is 4.45. The lowest BCUT2D eigenvalue weighted by molar-refractivity contribution is 0.0865. The molecule has 1 atom stereocenters. The summed E-state index contributed by atoms with van der Waals surface area (Å²) in [7, 11) is 4.05. The fraction of sp³-hybridized carbons (Fsp3) is 0.643. The van der Waals surface area contributed by atoms with E-state index in [1.165, 1.54) is 10.4 Å². The van der Waals surface area contributed by atoms with Crippen LogP contribution in [-0.4, -0.2) is 19.9 Å². The van der Waals surface area contributed by atoms with Crippen LogP contribution in [0.3, 0.4) is 0 Å². The van der Waals surface area contributed by atoms with Crippen molar-refractivity contribution in [3.8, 4) is 0 Å². The van der Waals surface area contributed by atoms with Gasteiger partial charge < -0.3 is 4.90 Å². The van der Waals surface area contributed by atoms with E-state index in [1.54, 1.807) is 11.3 Å². The van der Waals surface area contributed by atoms with Crippen LogP contribution < -0.4 is 4.90 Å². The third kappa shape index (κ3) is 2.01. The van der Waals surface area contributed by atoms with Gasteiger partial charge in [-0.2, -0.15) is 0 Å². The van der Waals surface area contributed by atoms with Crippen molar-refractivity contribution in [3.05, 3.63) is 16.0 Å². The Hall–Kier alpha value is -0.830. The van der Waals surface area contributed by atoms with Crippen LogP contribution in [-0.2, 0) is 6.42 Å². The van der Waals surface area contributed by atoms with Gasteiger partial charge in [-0.05, 0) is 31.2 Å². The Bertz CT molecular complexity index is 445. The highest BCUT2D eigenvalue weighted by atomic mass is 32.1. The summed E-state index contributed by atoms with van der Waals surface area (Å²) in [4.78, 5) is 16.0. The Morgan fingerprint density at radius 3 is 2.53 bits per heavy atom. The van der Waals surface area contributed by atoms with Crippen molar-refractivity contribution in [1.29, 1.82) is 0 Å². The van der Waals surface area contributed by atoms with Crippen LogP contribution in [0.4, 0.5) is 5.00 Å². The Morgan fingerprint density at radius 2 is 2.00 bits per heavy atom. The number of aryl methyl sites for hydroxylation is 1. The number of ketones is 1. The molecular formula is C14H21NOS. The van der Waals surface area contributed by atoms with E-state index in [2.05, 4.69) is 25.7 Å². The van der Waals surface area contributed by atoms with Crippen molar-refractivity contribution in [2.75, 3.05) is 19.0 Å². The lowest BCUT2D eigenvalue weighted by Crippen LogP contribution is -2.27. The minimum absolute atomic E-state index is 0.218. The first-order chi connectivity index (χ1) is 7.93. The number of fused-ring (bicyclic) bond motifs is 1. The lowest BCUT2D eigenvalue weighted by atomic mass is 9.78. The molecule has 0 bridgehead atoms. The van der Waals surface area contributed by atoms with Gasteiger partial charge in [-0.3, -0.25) is 4.79 Å². The molecule has 0 fully saturated rings. The first-order valence-corrected chi connectivity index (χ1v) is 7.09. The maximum atomic E-state index is 12.6. The van der Waals surface area contributed by atoms with E-state index < -0.39 is 0 Å². The minimum atomic E-state index is 0.218. The van der Waals surface area contributed by atoms with Gasteiger partial charge in [0.2, 0.25) is 0 Å². The number of rotatable bonds is 2. The van der Waals surface area contributed by atoms with Crippen molar-refractivity contribution < 1.29 is 4.79 Å². The molecule has 3 heteroatoms. The Labute approximate surface area is 108 Å². The summed E-state index contributed by atoms with van der Waals surface area (Å²) < 4.78 is 0. The zero-order valence-electron chi connectivity index (χ0n) is 11.3. The molecule has 0 saturated carbocycles. The van der Waals surface area contributed by atoms with E-state index >= 15 is 0 Å². The summed E-state index contributed by atoms with van der Waals surface area (Å²) in [5.41, 5.74) is 2.32. The number of carbonyl (C=O) groups is 1. The molecule has 2 rings (SSSR count). The number of Topliss-reactive ketones (excluding diaryl/α,β-unsaturated/α-hetero) is 1. The van der Waals surface area contributed by atoms with E-state index in [0.717, 1.165) is 23.4 Å². The van der Waals surface area contributed by atoms with Gasteiger partial charge in [-0.25, -0.2) is 0 Å². The molecule has 1 heterocycles. The number of thiophene rings is 1. The summed E-state index contributed by atoms with van der Waals surface area (Å²) >= 11 is 1.76. The molecule has 2 nitrogen and oxygen atoms in total. The molecule has 0 aliphatic heterocycles. The standard InChI is InChI=1S/C14H21NOS/c1-8(2)10-6-7-11-9(3)17-14(15(4)5)12(11)13(10)16/h8,10H,6-7H2,1-5H3. The Kier molecular flexibility index (Phi) is 3.30. The zero-order chi connectivity index (χ0) is 12.7. The van der Waals surface area contributed by atoms with Crippen molar-refractivity contribution >= 4 is 22.1 Å². The summed E-state index contributed by atoms with van der Waals surface area (Å²) in [5, 5.41) is 1.15. The monoisotopic (exact) mass is 251 g/mol. The summed E-state index contributed by atoms with van der Waals surface area (Å²) in [6, 6.07) is 0. The normalized spacial score (nSPS) is 19.6. The van der Waals surface area contributed by atoms with E-state index in [0.29, 0.717) is 11.7 Å². The minimum Gasteiger partial charge on any atom is -0.369 e. The zero-order valence-corrected chi connectivity index (χ0v) is 12.1. The second-order valence-corrected chi connectivity index (χ2v) is 6.67. The molecule has 94 valence electrons. The fourth-order valence-corrected chi connectivity index (χ4v) is 3.81. The third-order valence-electron chi connectivity index (χ3n) is 3.69. The van der Waals surface area contributed by atoms with Gasteiger partial charge in [0.15, 0.2) is 5.78 Å². The molecule has 0 radical (unpaired) electrons. The molecule has 1 aromatic heterocycles. The van der Waals surface area contributed by atoms with Crippen molar-refractivity contribution in [1.82, 2.24) is 0 Å². The summed E-state index contributed by atoms with van der Waals surface area (Å²) in [6.07, 6.45) is 2.09. The van der Waals surface area contributed by atoms with E-state index in [4.69, 9.17) is 0 Å². The Balaban J connectivity index is 2.50. The second-order valence-electron chi connectivity index (χ2n) is 5.46. The molecule has 0 amide bonds. The molecule has 0 saturated heterocycles. The topological polar surface area (TPSA) is 20.3 Å². The number of hydrogen-bond donors (Lipinski definition) is 0. The number of carbonyl (C=O) groups excluding carboxylic acids is 1. The first-order valence-electron chi connectivity index (χ1n) is 6.27. The third-order valence-corrected chi connectivity index (χ3v) is 5.01. The van der Waals surface area contributed by atoms with Crippen LogP contribution in [0.2, 0.25) is 0 Å². The molecule has 0 aromatic carbocycles. The highest BCUT2D eigenvalue weighted by molar-refractivity contribution is 7.16. The number of hydrogen-bond acceptors (Lipinski definition) is 3. The predicted molar refractivity (Wildman–Crippen MR) is 74.4 cm³/mol. The van der Waals surface area contributed by atoms with Crippen molar-refractivity contribution in [2.24, 2.45) is 11.8 Å². The smallest absolute Gasteiger partial charge is 0.169 e. The van der Waals surface area contributed by atoms with Gasteiger partial charge in [-0.1, -0.05) is 13.8 Å². The van der Waals surface area contributed by atoms with Gasteiger partial charge in [0, 0.05) is 24.9 Å². The highest BCUT2D eigenvalue weighted by Crippen LogP contribution is 2.42. The summed E-state index contributed by atoms with van der Waals surface area (Å²) in [6.45, 7) is 6.45. The van der Waals surface area contributed by atoms with Crippen LogP contribution in [0.1, 0.15) is 41.1 Å². The molecule has 17 heavy (non-hydrogen) atoms. The van der Waals surface area contributed by atoms with Crippen LogP contribution in [0.15, 0.2) is 0 Å². The van der Waals surface area contributed by atoms with Gasteiger partial charge in [-0.15, -0.1) is 11.3 Å². The molecular weight excluding hydrogens is 230 g/mol. The predicted octanol–water partition coefficient (Wildman–Crippen LogP) is 3.52. The van der Waals surface area contributed by atoms with Gasteiger partial charge in [0.25, 0.3) is 0 Å². The lowest BCUT2D eigenvalue weighted by Gasteiger charge is -2.26. The molecule has 1 aliphatic carbocycles. The largest absolute Gasteiger partial charge is 0.369 e. The van der Waals surface area contributed by atoms with Gasteiger partial charge in [0.05, 0.1) is 5.56 Å². The van der Waals surface area contributed by atoms with E-state index in [-0.39, 0.29) is 5.92 Å². The molecule has 0 spiro atoms. The quantitative estimate of drug-likeness (QED) is 0.801. The SMILES string of the molecule is Cc1sc(N(C)C)c2c1CCC(C(C)C)C2=O. The first kappa shape index (κ1) is 12.6. The average Bonchev–Trinajstić information content (AvgIpc) is 2.57. The van der Waals surface area contributed by atoms with E-state index in [1.807, 2.05) is 14.1 Å². The number of nitrogens with zero attached hydrogens (tertiary/aromatic N) is 1. The molecule has 1 aromatic rings.